The van der Waals surface area contributed by atoms with E-state index in [2.05, 4.69) is 31.4 Å². The number of thioether (sulfide) groups is 1. The van der Waals surface area contributed by atoms with Gasteiger partial charge in [-0.3, -0.25) is 9.80 Å². The van der Waals surface area contributed by atoms with E-state index in [1.165, 1.54) is 47.2 Å². The second kappa shape index (κ2) is 16.6. The highest BCUT2D eigenvalue weighted by molar-refractivity contribution is 8.00. The van der Waals surface area contributed by atoms with Gasteiger partial charge in [0.25, 0.3) is 0 Å². The Morgan fingerprint density at radius 2 is 1.78 bits per heavy atom. The van der Waals surface area contributed by atoms with Gasteiger partial charge in [-0.15, -0.1) is 11.8 Å². The number of rotatable bonds is 5. The first kappa shape index (κ1) is 35.6. The zero-order valence-electron chi connectivity index (χ0n) is 26.3. The topological polar surface area (TPSA) is 176 Å². The summed E-state index contributed by atoms with van der Waals surface area (Å²) in [6, 6.07) is 4.45. The lowest BCUT2D eigenvalue weighted by Gasteiger charge is -2.44. The van der Waals surface area contributed by atoms with E-state index < -0.39 is 47.2 Å². The minimum absolute atomic E-state index is 0.215. The fraction of sp³-hybridized carbons (Fsp3) is 0.656. The number of anilines is 1. The number of allylic oxidation sites excluding steroid dienone is 1. The van der Waals surface area contributed by atoms with Crippen LogP contribution < -0.4 is 27.2 Å². The van der Waals surface area contributed by atoms with Gasteiger partial charge >= 0.3 is 0 Å². The number of nitrogens with one attached hydrogen (secondary N) is 2. The second-order valence-corrected chi connectivity index (χ2v) is 14.2. The first-order valence-electron chi connectivity index (χ1n) is 15.9. The smallest absolute Gasteiger partial charge is 0.240 e. The van der Waals surface area contributed by atoms with Crippen LogP contribution in [0.2, 0.25) is 0 Å². The van der Waals surface area contributed by atoms with Gasteiger partial charge in [-0.2, -0.15) is 0 Å². The molecule has 10 atom stereocenters. The molecule has 45 heavy (non-hydrogen) atoms. The maximum atomic E-state index is 13.4. The number of carbonyl (C=O) groups excluding carboxylic acids is 1. The fourth-order valence-corrected chi connectivity index (χ4v) is 7.22. The number of nitrogens with zero attached hydrogens (tertiary/aromatic N) is 1. The maximum absolute atomic E-state index is 13.4. The number of benzene rings is 1. The van der Waals surface area contributed by atoms with Gasteiger partial charge in [0.2, 0.25) is 5.91 Å². The Bertz CT molecular complexity index is 1160. The molecule has 9 N–H and O–H groups in total. The van der Waals surface area contributed by atoms with Gasteiger partial charge < -0.3 is 41.2 Å². The Labute approximate surface area is 269 Å². The summed E-state index contributed by atoms with van der Waals surface area (Å²) >= 11 is 1.19. The third-order valence-electron chi connectivity index (χ3n) is 8.28. The Balaban J connectivity index is 0.00000109. The third-order valence-corrected chi connectivity index (χ3v) is 9.73. The second-order valence-electron chi connectivity index (χ2n) is 12.8. The molecule has 0 aromatic heterocycles. The van der Waals surface area contributed by atoms with Crippen molar-refractivity contribution in [2.45, 2.75) is 106 Å². The molecular weight excluding hydrogens is 601 g/mol. The molecule has 5 rings (SSSR count). The predicted octanol–water partition coefficient (Wildman–Crippen LogP) is 1.87. The summed E-state index contributed by atoms with van der Waals surface area (Å²) in [6.45, 7) is 7.83. The Hall–Kier alpha value is -2.23. The van der Waals surface area contributed by atoms with Crippen LogP contribution in [0.25, 0.3) is 0 Å². The van der Waals surface area contributed by atoms with Crippen molar-refractivity contribution in [3.05, 3.63) is 54.1 Å². The van der Waals surface area contributed by atoms with Gasteiger partial charge in [0.1, 0.15) is 41.7 Å². The summed E-state index contributed by atoms with van der Waals surface area (Å²) in [5.74, 6) is 6.60. The number of halogens is 1. The number of nitrogens with two attached hydrogens (primary N) is 2. The van der Waals surface area contributed by atoms with Crippen LogP contribution in [0.3, 0.4) is 0 Å². The lowest BCUT2D eigenvalue weighted by molar-refractivity contribution is -0.205. The van der Waals surface area contributed by atoms with Crippen LogP contribution in [0.1, 0.15) is 52.9 Å². The van der Waals surface area contributed by atoms with Crippen molar-refractivity contribution in [3.8, 4) is 0 Å². The largest absolute Gasteiger partial charge is 0.400 e. The predicted molar refractivity (Wildman–Crippen MR) is 173 cm³/mol. The van der Waals surface area contributed by atoms with Gasteiger partial charge in [-0.1, -0.05) is 39.3 Å². The quantitative estimate of drug-likeness (QED) is 0.141. The molecule has 11 nitrogen and oxygen atoms in total. The Morgan fingerprint density at radius 3 is 2.49 bits per heavy atom. The highest BCUT2D eigenvalue weighted by Gasteiger charge is 2.49. The van der Waals surface area contributed by atoms with Crippen molar-refractivity contribution in [1.82, 2.24) is 10.6 Å². The van der Waals surface area contributed by atoms with Crippen molar-refractivity contribution in [2.24, 2.45) is 23.4 Å². The molecule has 0 radical (unpaired) electrons. The highest BCUT2D eigenvalue weighted by Crippen LogP contribution is 2.37. The van der Waals surface area contributed by atoms with Gasteiger partial charge in [0.15, 0.2) is 0 Å². The van der Waals surface area contributed by atoms with Crippen LogP contribution in [-0.4, -0.2) is 87.7 Å². The minimum Gasteiger partial charge on any atom is -0.400 e. The molecule has 4 heterocycles. The van der Waals surface area contributed by atoms with E-state index >= 15 is 0 Å². The molecule has 252 valence electrons. The molecule has 0 saturated carbocycles. The zero-order chi connectivity index (χ0) is 32.7. The van der Waals surface area contributed by atoms with Crippen molar-refractivity contribution >= 4 is 23.4 Å². The Morgan fingerprint density at radius 1 is 1.09 bits per heavy atom. The molecule has 0 aliphatic carbocycles. The molecule has 0 spiro atoms. The summed E-state index contributed by atoms with van der Waals surface area (Å²) in [7, 11) is 0. The lowest BCUT2D eigenvalue weighted by Crippen LogP contribution is -2.64. The van der Waals surface area contributed by atoms with E-state index in [0.717, 1.165) is 25.2 Å². The SMILES string of the molecule is CC(C)C.N/C(=C\N(N)c1ccc(F)cc1)[C@@H]1C/C=C\CC(NC(=O)C2NCC3CCCCOC32)C2OC(S1)C(O)C(O)C2O. The van der Waals surface area contributed by atoms with E-state index in [9.17, 15) is 24.5 Å². The first-order chi connectivity index (χ1) is 21.5. The van der Waals surface area contributed by atoms with Crippen LogP contribution in [0.4, 0.5) is 10.1 Å². The fourth-order valence-electron chi connectivity index (χ4n) is 5.94. The average Bonchev–Trinajstić information content (AvgIpc) is 3.26. The number of fused-ring (bicyclic) bond motifs is 3. The van der Waals surface area contributed by atoms with E-state index in [4.69, 9.17) is 21.1 Å². The molecule has 13 heteroatoms. The number of aliphatic hydroxyl groups excluding tert-OH is 3. The lowest BCUT2D eigenvalue weighted by atomic mass is 9.92. The number of carbonyl (C=O) groups is 1. The molecule has 3 saturated heterocycles. The number of ether oxygens (including phenoxy) is 2. The van der Waals surface area contributed by atoms with Crippen molar-refractivity contribution in [3.63, 3.8) is 0 Å². The van der Waals surface area contributed by atoms with E-state index in [1.54, 1.807) is 0 Å². The summed E-state index contributed by atoms with van der Waals surface area (Å²) in [5.41, 5.74) is 6.37. The van der Waals surface area contributed by atoms with E-state index in [-0.39, 0.29) is 23.7 Å². The van der Waals surface area contributed by atoms with E-state index in [1.807, 2.05) is 12.2 Å². The standard InChI is InChI=1S/C28H40FN5O6S.C4H10/c29-16-8-10-17(11-9-16)34(31)14-18(30)20-7-2-1-6-19(26-23(36)22(35)24(37)28(40-26)41-20)33-27(38)21-25-15(13-32-21)5-3-4-12-39-25;1-4(2)3/h1-2,8-11,14-15,19-26,28,32,35-37H,3-7,12-13,30-31H2,(H,33,38);4H,1-3H3/b2-1-,18-14-;/t15?,19?,20-,21?,22?,23?,24?,25?,26?,28?;/m0./s1. The number of hydrogen-bond acceptors (Lipinski definition) is 11. The number of hydrogen-bond donors (Lipinski definition) is 7. The molecule has 9 unspecified atom stereocenters. The molecule has 1 amide bonds. The molecule has 1 aromatic carbocycles. The molecule has 3 fully saturated rings. The first-order valence-corrected chi connectivity index (χ1v) is 16.8. The maximum Gasteiger partial charge on any atom is 0.240 e. The minimum atomic E-state index is -1.50. The van der Waals surface area contributed by atoms with Crippen LogP contribution in [0.15, 0.2) is 48.3 Å². The molecule has 4 aliphatic rings. The van der Waals surface area contributed by atoms with Crippen LogP contribution in [-0.2, 0) is 14.3 Å². The zero-order valence-corrected chi connectivity index (χ0v) is 27.1. The van der Waals surface area contributed by atoms with Gasteiger partial charge in [0.05, 0.1) is 23.1 Å². The molecule has 2 bridgehead atoms. The average molecular weight is 652 g/mol. The van der Waals surface area contributed by atoms with Crippen LogP contribution in [0, 0.1) is 17.7 Å². The molecule has 4 aliphatic heterocycles. The van der Waals surface area contributed by atoms with Crippen molar-refractivity contribution in [1.29, 1.82) is 0 Å². The normalized spacial score (nSPS) is 36.2. The molecule has 1 aromatic rings. The number of aliphatic hydroxyl groups is 3. The Kier molecular flexibility index (Phi) is 13.1. The van der Waals surface area contributed by atoms with Gasteiger partial charge in [-0.25, -0.2) is 10.2 Å². The summed E-state index contributed by atoms with van der Waals surface area (Å²) in [5, 5.41) is 39.7. The monoisotopic (exact) mass is 651 g/mol. The molecular formula is C32H50FN5O6S. The van der Waals surface area contributed by atoms with Crippen molar-refractivity contribution in [2.75, 3.05) is 18.2 Å². The van der Waals surface area contributed by atoms with E-state index in [0.29, 0.717) is 37.4 Å². The third kappa shape index (κ3) is 9.41. The van der Waals surface area contributed by atoms with Crippen LogP contribution in [0.5, 0.6) is 0 Å². The van der Waals surface area contributed by atoms with Crippen LogP contribution >= 0.6 is 11.8 Å². The number of hydrazine groups is 1. The summed E-state index contributed by atoms with van der Waals surface area (Å²) in [4.78, 5) is 13.4. The summed E-state index contributed by atoms with van der Waals surface area (Å²) in [6.07, 6.45) is 3.62. The summed E-state index contributed by atoms with van der Waals surface area (Å²) < 4.78 is 25.5. The highest BCUT2D eigenvalue weighted by atomic mass is 32.2. The van der Waals surface area contributed by atoms with Gasteiger partial charge in [0, 0.05) is 25.0 Å². The van der Waals surface area contributed by atoms with Gasteiger partial charge in [-0.05, 0) is 61.8 Å². The number of amides is 1. The van der Waals surface area contributed by atoms with Crippen molar-refractivity contribution < 1.29 is 34.0 Å².